The monoisotopic (exact) mass is 1200 g/mol. The predicted molar refractivity (Wildman–Crippen MR) is 378 cm³/mol. The number of nitrogens with zero attached hydrogens (tertiary/aromatic N) is 5. The Morgan fingerprint density at radius 3 is 1.39 bits per heavy atom. The Kier molecular flexibility index (Phi) is 21.9. The Morgan fingerprint density at radius 2 is 0.911 bits per heavy atom. The molecule has 4 aromatic heterocycles. The van der Waals surface area contributed by atoms with Gasteiger partial charge in [-0.25, -0.2) is 4.99 Å². The fourth-order valence-electron chi connectivity index (χ4n) is 13.2. The molecular weight excluding hydrogens is 1110 g/mol. The summed E-state index contributed by atoms with van der Waals surface area (Å²) in [5.41, 5.74) is 13.6. The molecular formula is C80H88BF2N5O2. The highest BCUT2D eigenvalue weighted by molar-refractivity contribution is 6.42. The minimum atomic E-state index is -2.84. The minimum absolute atomic E-state index is 0.393. The van der Waals surface area contributed by atoms with Crippen molar-refractivity contribution in [3.8, 4) is 22.9 Å². The second-order valence-corrected chi connectivity index (χ2v) is 24.5. The molecule has 10 heteroatoms. The number of pyridine rings is 1. The van der Waals surface area contributed by atoms with Crippen LogP contribution < -0.4 is 9.47 Å². The Morgan fingerprint density at radius 1 is 0.467 bits per heavy atom. The van der Waals surface area contributed by atoms with E-state index >= 15 is 8.63 Å². The number of unbranched alkanes of at least 4 members (excludes halogenated alkanes) is 18. The first-order valence-electron chi connectivity index (χ1n) is 33.6. The van der Waals surface area contributed by atoms with E-state index < -0.39 is 7.40 Å². The van der Waals surface area contributed by atoms with Gasteiger partial charge in [0.05, 0.1) is 46.7 Å². The van der Waals surface area contributed by atoms with Crippen LogP contribution in [0.15, 0.2) is 192 Å². The first kappa shape index (κ1) is 63.1. The third kappa shape index (κ3) is 15.2. The fraction of sp³-hybridized carbons (Fsp3) is 0.325. The SMILES string of the molecule is CCCCCCCCCCCCOc1ccc(-n2c3ccccc3c3cc(/C=C/C4=NC(=C(/c5ccncc5)c5c(C)cc(/C=C/c6ccc7c(c6)c6ccccc6n7-c6ccc(OCCCCCCCCCCCC)cc6)n5B(F)F)/C(C)=C4)ccc32)cc1. The number of aromatic nitrogens is 4. The fourth-order valence-corrected chi connectivity index (χ4v) is 13.2. The number of ether oxygens (including phenoxy) is 2. The summed E-state index contributed by atoms with van der Waals surface area (Å²) in [5, 5.41) is 4.51. The van der Waals surface area contributed by atoms with Crippen molar-refractivity contribution in [2.45, 2.75) is 156 Å². The van der Waals surface area contributed by atoms with E-state index in [9.17, 15) is 0 Å². The van der Waals surface area contributed by atoms with Crippen LogP contribution >= 0.6 is 0 Å². The number of rotatable bonds is 33. The van der Waals surface area contributed by atoms with Gasteiger partial charge in [-0.15, -0.1) is 0 Å². The van der Waals surface area contributed by atoms with E-state index in [-0.39, 0.29) is 0 Å². The number of para-hydroxylation sites is 2. The quantitative estimate of drug-likeness (QED) is 0.0304. The van der Waals surface area contributed by atoms with E-state index in [0.29, 0.717) is 28.2 Å². The van der Waals surface area contributed by atoms with E-state index in [1.54, 1.807) is 18.5 Å². The highest BCUT2D eigenvalue weighted by Crippen LogP contribution is 2.40. The highest BCUT2D eigenvalue weighted by Gasteiger charge is 2.30. The number of benzene rings is 6. The van der Waals surface area contributed by atoms with Gasteiger partial charge in [-0.05, 0) is 176 Å². The topological polar surface area (TPSA) is 58.5 Å². The van der Waals surface area contributed by atoms with Crippen LogP contribution in [0.4, 0.5) is 8.63 Å². The van der Waals surface area contributed by atoms with Gasteiger partial charge in [0.25, 0.3) is 0 Å². The number of halogens is 2. The maximum atomic E-state index is 15.9. The zero-order valence-electron chi connectivity index (χ0n) is 53.4. The number of aliphatic imine (C=N–C) groups is 1. The van der Waals surface area contributed by atoms with Gasteiger partial charge in [0, 0.05) is 62.3 Å². The molecule has 462 valence electrons. The first-order valence-corrected chi connectivity index (χ1v) is 33.6. The summed E-state index contributed by atoms with van der Waals surface area (Å²) in [5.74, 6) is 1.77. The summed E-state index contributed by atoms with van der Waals surface area (Å²) in [6.45, 7) is 9.91. The highest BCUT2D eigenvalue weighted by atomic mass is 19.2. The lowest BCUT2D eigenvalue weighted by atomic mass is 9.95. The number of hydrogen-bond donors (Lipinski definition) is 0. The van der Waals surface area contributed by atoms with Crippen LogP contribution in [0.5, 0.6) is 11.5 Å². The van der Waals surface area contributed by atoms with Gasteiger partial charge < -0.3 is 23.1 Å². The van der Waals surface area contributed by atoms with Crippen LogP contribution in [0.2, 0.25) is 0 Å². The first-order chi connectivity index (χ1) is 44.3. The van der Waals surface area contributed by atoms with E-state index in [0.717, 1.165) is 120 Å². The van der Waals surface area contributed by atoms with Gasteiger partial charge in [0.15, 0.2) is 0 Å². The molecule has 0 unspecified atom stereocenters. The molecule has 6 aromatic carbocycles. The summed E-state index contributed by atoms with van der Waals surface area (Å²) in [4.78, 5) is 9.52. The molecule has 0 saturated carbocycles. The lowest BCUT2D eigenvalue weighted by molar-refractivity contribution is 0.304. The molecule has 11 rings (SSSR count). The van der Waals surface area contributed by atoms with Crippen LogP contribution in [0.1, 0.15) is 183 Å². The summed E-state index contributed by atoms with van der Waals surface area (Å²) in [7, 11) is -2.84. The molecule has 1 aliphatic rings. The average molecular weight is 1200 g/mol. The third-order valence-electron chi connectivity index (χ3n) is 17.9. The molecule has 0 aliphatic carbocycles. The van der Waals surface area contributed by atoms with Gasteiger partial charge in [-0.3, -0.25) is 13.6 Å². The largest absolute Gasteiger partial charge is 0.678 e. The van der Waals surface area contributed by atoms with Crippen LogP contribution in [-0.4, -0.2) is 44.9 Å². The Labute approximate surface area is 532 Å². The van der Waals surface area contributed by atoms with Crippen molar-refractivity contribution in [3.05, 3.63) is 221 Å². The van der Waals surface area contributed by atoms with Crippen molar-refractivity contribution in [3.63, 3.8) is 0 Å². The zero-order chi connectivity index (χ0) is 62.0. The Hall–Kier alpha value is -8.50. The molecule has 0 atom stereocenters. The minimum Gasteiger partial charge on any atom is -0.494 e. The molecule has 0 spiro atoms. The van der Waals surface area contributed by atoms with Crippen molar-refractivity contribution in [1.29, 1.82) is 0 Å². The summed E-state index contributed by atoms with van der Waals surface area (Å²) in [6, 6.07) is 52.4. The second kappa shape index (κ2) is 31.3. The lowest BCUT2D eigenvalue weighted by Crippen LogP contribution is -2.18. The Balaban J connectivity index is 0.796. The molecule has 0 amide bonds. The van der Waals surface area contributed by atoms with Gasteiger partial charge in [0.2, 0.25) is 0 Å². The Bertz CT molecular complexity index is 4160. The maximum Gasteiger partial charge on any atom is 0.678 e. The van der Waals surface area contributed by atoms with Gasteiger partial charge in [0.1, 0.15) is 11.5 Å². The number of hydrogen-bond acceptors (Lipinski definition) is 4. The summed E-state index contributed by atoms with van der Waals surface area (Å²) < 4.78 is 49.9. The summed E-state index contributed by atoms with van der Waals surface area (Å²) >= 11 is 0. The van der Waals surface area contributed by atoms with Crippen molar-refractivity contribution >= 4 is 80.5 Å². The molecule has 7 nitrogen and oxygen atoms in total. The number of fused-ring (bicyclic) bond motifs is 6. The molecule has 0 radical (unpaired) electrons. The van der Waals surface area contributed by atoms with Crippen LogP contribution in [-0.2, 0) is 0 Å². The van der Waals surface area contributed by atoms with Crippen molar-refractivity contribution < 1.29 is 18.1 Å². The van der Waals surface area contributed by atoms with E-state index in [2.05, 4.69) is 168 Å². The predicted octanol–water partition coefficient (Wildman–Crippen LogP) is 22.8. The normalized spacial score (nSPS) is 13.3. The molecule has 0 saturated heterocycles. The number of aryl methyl sites for hydroxylation is 1. The number of allylic oxidation sites excluding steroid dienone is 3. The van der Waals surface area contributed by atoms with Crippen molar-refractivity contribution in [1.82, 2.24) is 18.6 Å². The average Bonchev–Trinajstić information content (AvgIpc) is 1.90. The van der Waals surface area contributed by atoms with Gasteiger partial charge in [-0.2, -0.15) is 0 Å². The van der Waals surface area contributed by atoms with Crippen LogP contribution in [0, 0.1) is 6.92 Å². The molecule has 0 fully saturated rings. The van der Waals surface area contributed by atoms with Crippen molar-refractivity contribution in [2.75, 3.05) is 13.2 Å². The van der Waals surface area contributed by atoms with E-state index in [1.165, 1.54) is 121 Å². The zero-order valence-corrected chi connectivity index (χ0v) is 53.4. The molecule has 5 heterocycles. The molecule has 1 aliphatic heterocycles. The standard InChI is InChI=1S/C80H88BF2N5O2/c1-5-7-9-11-13-15-17-19-21-27-53-89-68-43-39-65(40-44-68)86-74-31-25-23-29-70(74)72-57-61(35-47-76(72)86)33-37-64-55-59(3)79(85-64)78(63-49-51-84-52-50-63)80-60(4)56-67(88(80)81(82)83)38-34-62-36-48-77-73(58-62)71-30-24-26-32-75(71)87(77)66-41-45-69(46-42-66)90-54-28-22-20-18-16-14-12-10-8-6-2/h23-26,29-52,55-58H,5-22,27-28,53-54H2,1-4H3/b37-33+,38-34+,79-78-. The molecule has 0 N–H and O–H groups in total. The van der Waals surface area contributed by atoms with E-state index in [1.807, 2.05) is 50.3 Å². The molecule has 10 aromatic rings. The van der Waals surface area contributed by atoms with Gasteiger partial charge in [-0.1, -0.05) is 190 Å². The smallest absolute Gasteiger partial charge is 0.494 e. The van der Waals surface area contributed by atoms with Gasteiger partial charge >= 0.3 is 7.40 Å². The maximum absolute atomic E-state index is 15.9. The summed E-state index contributed by atoms with van der Waals surface area (Å²) in [6.07, 6.45) is 39.3. The van der Waals surface area contributed by atoms with Crippen molar-refractivity contribution in [2.24, 2.45) is 4.99 Å². The molecule has 0 bridgehead atoms. The third-order valence-corrected chi connectivity index (χ3v) is 17.9. The lowest BCUT2D eigenvalue weighted by Gasteiger charge is -2.16. The molecule has 90 heavy (non-hydrogen) atoms. The van der Waals surface area contributed by atoms with Crippen LogP contribution in [0.3, 0.4) is 0 Å². The van der Waals surface area contributed by atoms with Crippen LogP contribution in [0.25, 0.3) is 78.8 Å². The second-order valence-electron chi connectivity index (χ2n) is 24.5. The van der Waals surface area contributed by atoms with E-state index in [4.69, 9.17) is 14.5 Å².